The van der Waals surface area contributed by atoms with Crippen LogP contribution >= 0.6 is 27.7 Å². The molecule has 0 amide bonds. The van der Waals surface area contributed by atoms with Gasteiger partial charge in [0.25, 0.3) is 0 Å². The maximum atomic E-state index is 5.55. The van der Waals surface area contributed by atoms with Gasteiger partial charge >= 0.3 is 0 Å². The highest BCUT2D eigenvalue weighted by Gasteiger charge is 2.00. The van der Waals surface area contributed by atoms with Crippen LogP contribution in [0.4, 0.5) is 5.82 Å². The van der Waals surface area contributed by atoms with Crippen LogP contribution in [0.1, 0.15) is 0 Å². The van der Waals surface area contributed by atoms with E-state index in [2.05, 4.69) is 25.9 Å². The summed E-state index contributed by atoms with van der Waals surface area (Å²) in [6.07, 6.45) is 3.23. The summed E-state index contributed by atoms with van der Waals surface area (Å²) in [5.74, 6) is 0.440. The lowest BCUT2D eigenvalue weighted by molar-refractivity contribution is 1.07. The lowest BCUT2D eigenvalue weighted by Crippen LogP contribution is -1.91. The van der Waals surface area contributed by atoms with Crippen LogP contribution in [-0.2, 0) is 0 Å². The zero-order valence-corrected chi connectivity index (χ0v) is 10.1. The molecule has 2 rings (SSSR count). The van der Waals surface area contributed by atoms with Crippen LogP contribution in [-0.4, -0.2) is 9.97 Å². The molecule has 1 aromatic heterocycles. The molecule has 0 aliphatic heterocycles. The second-order valence-electron chi connectivity index (χ2n) is 2.84. The number of anilines is 1. The number of nitrogen functional groups attached to an aromatic ring is 1. The minimum Gasteiger partial charge on any atom is -0.382 e. The fourth-order valence-corrected chi connectivity index (χ4v) is 2.45. The van der Waals surface area contributed by atoms with Crippen molar-refractivity contribution in [1.82, 2.24) is 9.97 Å². The van der Waals surface area contributed by atoms with Crippen LogP contribution in [0.15, 0.2) is 51.1 Å². The zero-order chi connectivity index (χ0) is 10.7. The van der Waals surface area contributed by atoms with E-state index in [9.17, 15) is 0 Å². The highest BCUT2D eigenvalue weighted by atomic mass is 79.9. The van der Waals surface area contributed by atoms with Crippen LogP contribution in [0.2, 0.25) is 0 Å². The first-order valence-electron chi connectivity index (χ1n) is 4.25. The van der Waals surface area contributed by atoms with Gasteiger partial charge in [0.05, 0.1) is 12.4 Å². The largest absolute Gasteiger partial charge is 0.382 e. The third kappa shape index (κ3) is 2.94. The molecule has 3 nitrogen and oxygen atoms in total. The average molecular weight is 282 g/mol. The van der Waals surface area contributed by atoms with Crippen LogP contribution in [0.3, 0.4) is 0 Å². The predicted molar refractivity (Wildman–Crippen MR) is 64.7 cm³/mol. The van der Waals surface area contributed by atoms with Gasteiger partial charge in [-0.2, -0.15) is 0 Å². The van der Waals surface area contributed by atoms with Crippen molar-refractivity contribution in [2.45, 2.75) is 9.92 Å². The Bertz CT molecular complexity index is 432. The second-order valence-corrected chi connectivity index (χ2v) is 4.85. The van der Waals surface area contributed by atoms with E-state index in [1.165, 1.54) is 18.0 Å². The van der Waals surface area contributed by atoms with Crippen LogP contribution in [0, 0.1) is 0 Å². The van der Waals surface area contributed by atoms with Gasteiger partial charge in [0.1, 0.15) is 10.8 Å². The lowest BCUT2D eigenvalue weighted by Gasteiger charge is -2.01. The van der Waals surface area contributed by atoms with Crippen LogP contribution in [0.5, 0.6) is 0 Å². The molecule has 0 radical (unpaired) electrons. The number of hydrogen-bond acceptors (Lipinski definition) is 4. The molecular formula is C10H8BrN3S. The monoisotopic (exact) mass is 281 g/mol. The topological polar surface area (TPSA) is 51.8 Å². The molecule has 15 heavy (non-hydrogen) atoms. The summed E-state index contributed by atoms with van der Waals surface area (Å²) < 4.78 is 1.05. The number of nitrogens with two attached hydrogens (primary N) is 1. The van der Waals surface area contributed by atoms with E-state index in [-0.39, 0.29) is 0 Å². The van der Waals surface area contributed by atoms with Crippen molar-refractivity contribution in [1.29, 1.82) is 0 Å². The van der Waals surface area contributed by atoms with E-state index in [4.69, 9.17) is 5.73 Å². The summed E-state index contributed by atoms with van der Waals surface area (Å²) >= 11 is 4.95. The maximum absolute atomic E-state index is 5.55. The Balaban J connectivity index is 2.22. The van der Waals surface area contributed by atoms with Gasteiger partial charge in [-0.3, -0.25) is 4.98 Å². The Morgan fingerprint density at radius 2 is 2.13 bits per heavy atom. The fraction of sp³-hybridized carbons (Fsp3) is 0. The molecule has 1 aromatic carbocycles. The summed E-state index contributed by atoms with van der Waals surface area (Å²) in [6.45, 7) is 0. The highest BCUT2D eigenvalue weighted by Crippen LogP contribution is 2.27. The molecule has 0 atom stereocenters. The first-order valence-corrected chi connectivity index (χ1v) is 5.86. The lowest BCUT2D eigenvalue weighted by atomic mass is 10.4. The van der Waals surface area contributed by atoms with E-state index in [1.54, 1.807) is 6.20 Å². The summed E-state index contributed by atoms with van der Waals surface area (Å²) in [7, 11) is 0. The molecular weight excluding hydrogens is 274 g/mol. The third-order valence-electron chi connectivity index (χ3n) is 1.65. The van der Waals surface area contributed by atoms with Gasteiger partial charge in [0.15, 0.2) is 0 Å². The molecule has 0 aliphatic rings. The van der Waals surface area contributed by atoms with Crippen molar-refractivity contribution in [2.75, 3.05) is 5.73 Å². The van der Waals surface area contributed by atoms with Crippen LogP contribution < -0.4 is 5.73 Å². The summed E-state index contributed by atoms with van der Waals surface area (Å²) in [5, 5.41) is 0.799. The number of benzene rings is 1. The average Bonchev–Trinajstić information content (AvgIpc) is 2.17. The molecule has 0 bridgehead atoms. The molecule has 0 spiro atoms. The van der Waals surface area contributed by atoms with Gasteiger partial charge in [-0.15, -0.1) is 0 Å². The Hall–Kier alpha value is -1.07. The van der Waals surface area contributed by atoms with E-state index in [0.717, 1.165) is 14.4 Å². The van der Waals surface area contributed by atoms with Gasteiger partial charge in [-0.1, -0.05) is 33.8 Å². The predicted octanol–water partition coefficient (Wildman–Crippen LogP) is 2.97. The Morgan fingerprint density at radius 1 is 1.27 bits per heavy atom. The molecule has 76 valence electrons. The Labute approximate surface area is 100 Å². The molecule has 0 unspecified atom stereocenters. The summed E-state index contributed by atoms with van der Waals surface area (Å²) in [4.78, 5) is 9.24. The van der Waals surface area contributed by atoms with Crippen molar-refractivity contribution >= 4 is 33.5 Å². The first kappa shape index (κ1) is 10.4. The highest BCUT2D eigenvalue weighted by molar-refractivity contribution is 9.10. The van der Waals surface area contributed by atoms with E-state index < -0.39 is 0 Å². The van der Waals surface area contributed by atoms with Crippen molar-refractivity contribution in [2.24, 2.45) is 0 Å². The molecule has 5 heteroatoms. The third-order valence-corrected chi connectivity index (χ3v) is 3.04. The summed E-state index contributed by atoms with van der Waals surface area (Å²) in [6, 6.07) is 8.00. The van der Waals surface area contributed by atoms with Gasteiger partial charge in [-0.05, 0) is 18.2 Å². The molecule has 0 saturated heterocycles. The van der Waals surface area contributed by atoms with E-state index in [1.807, 2.05) is 24.3 Å². The van der Waals surface area contributed by atoms with E-state index >= 15 is 0 Å². The fourth-order valence-electron chi connectivity index (χ4n) is 1.06. The normalized spacial score (nSPS) is 10.2. The van der Waals surface area contributed by atoms with Crippen molar-refractivity contribution in [3.8, 4) is 0 Å². The van der Waals surface area contributed by atoms with Crippen LogP contribution in [0.25, 0.3) is 0 Å². The standard InChI is InChI=1S/C10H8BrN3S/c11-7-2-1-3-8(4-7)15-10-6-13-5-9(12)14-10/h1-6H,(H2,12,14). The number of hydrogen-bond donors (Lipinski definition) is 1. The second kappa shape index (κ2) is 4.63. The zero-order valence-electron chi connectivity index (χ0n) is 7.72. The minimum absolute atomic E-state index is 0.440. The van der Waals surface area contributed by atoms with Gasteiger partial charge in [-0.25, -0.2) is 4.98 Å². The Morgan fingerprint density at radius 3 is 2.87 bits per heavy atom. The van der Waals surface area contributed by atoms with Gasteiger partial charge < -0.3 is 5.73 Å². The molecule has 2 N–H and O–H groups in total. The van der Waals surface area contributed by atoms with Crippen molar-refractivity contribution < 1.29 is 0 Å². The SMILES string of the molecule is Nc1cncc(Sc2cccc(Br)c2)n1. The molecule has 0 fully saturated rings. The maximum Gasteiger partial charge on any atom is 0.143 e. The molecule has 1 heterocycles. The number of rotatable bonds is 2. The minimum atomic E-state index is 0.440. The quantitative estimate of drug-likeness (QED) is 0.920. The van der Waals surface area contributed by atoms with Gasteiger partial charge in [0.2, 0.25) is 0 Å². The van der Waals surface area contributed by atoms with Gasteiger partial charge in [0, 0.05) is 9.37 Å². The summed E-state index contributed by atoms with van der Waals surface area (Å²) in [5.41, 5.74) is 5.55. The Kier molecular flexibility index (Phi) is 3.23. The molecule has 0 saturated carbocycles. The molecule has 2 aromatic rings. The number of nitrogens with zero attached hydrogens (tertiary/aromatic N) is 2. The smallest absolute Gasteiger partial charge is 0.143 e. The number of halogens is 1. The number of aromatic nitrogens is 2. The van der Waals surface area contributed by atoms with E-state index in [0.29, 0.717) is 5.82 Å². The van der Waals surface area contributed by atoms with Crippen molar-refractivity contribution in [3.63, 3.8) is 0 Å². The van der Waals surface area contributed by atoms with Crippen molar-refractivity contribution in [3.05, 3.63) is 41.1 Å². The first-order chi connectivity index (χ1) is 7.24. The molecule has 0 aliphatic carbocycles.